The summed E-state index contributed by atoms with van der Waals surface area (Å²) in [6.07, 6.45) is -0.527. The van der Waals surface area contributed by atoms with Crippen LogP contribution in [-0.2, 0) is 0 Å². The Labute approximate surface area is 111 Å². The smallest absolute Gasteiger partial charge is 0.410 e. The van der Waals surface area contributed by atoms with E-state index in [4.69, 9.17) is 10.5 Å². The highest BCUT2D eigenvalue weighted by Gasteiger charge is 2.03. The monoisotopic (exact) mass is 264 g/mol. The molecule has 4 nitrogen and oxygen atoms in total. The van der Waals surface area contributed by atoms with Crippen LogP contribution in [0.15, 0.2) is 54.6 Å². The second-order valence-electron chi connectivity index (χ2n) is 3.45. The van der Waals surface area contributed by atoms with Gasteiger partial charge in [-0.05, 0) is 36.4 Å². The molecule has 0 heterocycles. The predicted molar refractivity (Wildman–Crippen MR) is 74.2 cm³/mol. The zero-order chi connectivity index (χ0) is 12.1. The van der Waals surface area contributed by atoms with Gasteiger partial charge in [0.15, 0.2) is 0 Å². The second kappa shape index (κ2) is 6.51. The van der Waals surface area contributed by atoms with Gasteiger partial charge >= 0.3 is 6.09 Å². The molecule has 0 aromatic heterocycles. The highest BCUT2D eigenvalue weighted by atomic mass is 35.5. The summed E-state index contributed by atoms with van der Waals surface area (Å²) in [5, 5.41) is 2.60. The fourth-order valence-corrected chi connectivity index (χ4v) is 1.31. The molecule has 0 bridgehead atoms. The van der Waals surface area contributed by atoms with Gasteiger partial charge in [-0.3, -0.25) is 5.32 Å². The molecule has 0 aliphatic carbocycles. The molecule has 0 radical (unpaired) electrons. The maximum absolute atomic E-state index is 11.5. The quantitative estimate of drug-likeness (QED) is 0.818. The Bertz CT molecular complexity index is 500. The van der Waals surface area contributed by atoms with Crippen LogP contribution in [0.5, 0.6) is 5.75 Å². The van der Waals surface area contributed by atoms with Crippen LogP contribution in [0.2, 0.25) is 0 Å². The molecular formula is C13H13ClN2O2. The number of nitrogens with two attached hydrogens (primary N) is 1. The zero-order valence-electron chi connectivity index (χ0n) is 9.50. The van der Waals surface area contributed by atoms with Crippen molar-refractivity contribution in [2.45, 2.75) is 0 Å². The Kier molecular flexibility index (Phi) is 5.02. The summed E-state index contributed by atoms with van der Waals surface area (Å²) >= 11 is 0. The topological polar surface area (TPSA) is 64.3 Å². The summed E-state index contributed by atoms with van der Waals surface area (Å²) < 4.78 is 5.07. The molecule has 5 heteroatoms. The van der Waals surface area contributed by atoms with Crippen molar-refractivity contribution in [2.75, 3.05) is 11.1 Å². The Morgan fingerprint density at radius 1 is 1.00 bits per heavy atom. The van der Waals surface area contributed by atoms with Crippen LogP contribution < -0.4 is 15.8 Å². The van der Waals surface area contributed by atoms with Gasteiger partial charge in [0, 0.05) is 11.4 Å². The van der Waals surface area contributed by atoms with E-state index in [1.807, 2.05) is 6.07 Å². The first-order chi connectivity index (χ1) is 8.24. The van der Waals surface area contributed by atoms with E-state index in [9.17, 15) is 4.79 Å². The van der Waals surface area contributed by atoms with Crippen molar-refractivity contribution in [3.63, 3.8) is 0 Å². The number of ether oxygens (including phenoxy) is 1. The number of para-hydroxylation sites is 1. The summed E-state index contributed by atoms with van der Waals surface area (Å²) in [4.78, 5) is 11.5. The van der Waals surface area contributed by atoms with E-state index in [1.165, 1.54) is 0 Å². The van der Waals surface area contributed by atoms with E-state index in [1.54, 1.807) is 48.5 Å². The Morgan fingerprint density at radius 2 is 1.61 bits per heavy atom. The van der Waals surface area contributed by atoms with Gasteiger partial charge in [-0.25, -0.2) is 4.79 Å². The van der Waals surface area contributed by atoms with Crippen molar-refractivity contribution in [3.05, 3.63) is 54.6 Å². The second-order valence-corrected chi connectivity index (χ2v) is 3.45. The molecule has 0 fully saturated rings. The zero-order valence-corrected chi connectivity index (χ0v) is 10.3. The lowest BCUT2D eigenvalue weighted by Crippen LogP contribution is -2.16. The molecule has 0 saturated heterocycles. The molecule has 2 rings (SSSR count). The minimum Gasteiger partial charge on any atom is -0.410 e. The van der Waals surface area contributed by atoms with Crippen molar-refractivity contribution in [2.24, 2.45) is 0 Å². The minimum atomic E-state index is -0.527. The van der Waals surface area contributed by atoms with Gasteiger partial charge in [0.1, 0.15) is 5.75 Å². The van der Waals surface area contributed by atoms with Gasteiger partial charge < -0.3 is 10.5 Å². The molecule has 1 amide bonds. The molecule has 0 saturated carbocycles. The number of hydrogen-bond donors (Lipinski definition) is 2. The van der Waals surface area contributed by atoms with Crippen LogP contribution >= 0.6 is 12.4 Å². The lowest BCUT2D eigenvalue weighted by Gasteiger charge is -2.06. The van der Waals surface area contributed by atoms with Crippen molar-refractivity contribution in [1.82, 2.24) is 0 Å². The van der Waals surface area contributed by atoms with Gasteiger partial charge in [-0.15, -0.1) is 12.4 Å². The van der Waals surface area contributed by atoms with Gasteiger partial charge in [0.05, 0.1) is 0 Å². The maximum atomic E-state index is 11.5. The molecule has 0 aliphatic heterocycles. The first-order valence-electron chi connectivity index (χ1n) is 5.13. The summed E-state index contributed by atoms with van der Waals surface area (Å²) in [5.74, 6) is 0.500. The van der Waals surface area contributed by atoms with Gasteiger partial charge in [0.25, 0.3) is 0 Å². The van der Waals surface area contributed by atoms with Crippen molar-refractivity contribution in [1.29, 1.82) is 0 Å². The van der Waals surface area contributed by atoms with Crippen LogP contribution in [0.25, 0.3) is 0 Å². The first kappa shape index (κ1) is 13.9. The highest BCUT2D eigenvalue weighted by Crippen LogP contribution is 2.13. The number of nitrogen functional groups attached to an aromatic ring is 1. The average Bonchev–Trinajstić information content (AvgIpc) is 2.33. The number of anilines is 2. The number of rotatable bonds is 2. The summed E-state index contributed by atoms with van der Waals surface area (Å²) in [6, 6.07) is 15.7. The van der Waals surface area contributed by atoms with Crippen LogP contribution in [0, 0.1) is 0 Å². The van der Waals surface area contributed by atoms with E-state index in [-0.39, 0.29) is 12.4 Å². The number of amides is 1. The van der Waals surface area contributed by atoms with Gasteiger partial charge in [0.2, 0.25) is 0 Å². The minimum absolute atomic E-state index is 0. The Morgan fingerprint density at radius 3 is 2.22 bits per heavy atom. The number of halogens is 1. The van der Waals surface area contributed by atoms with Crippen LogP contribution in [-0.4, -0.2) is 6.09 Å². The molecule has 18 heavy (non-hydrogen) atoms. The predicted octanol–water partition coefficient (Wildman–Crippen LogP) is 3.30. The third-order valence-electron chi connectivity index (χ3n) is 2.11. The third kappa shape index (κ3) is 3.99. The molecule has 0 aliphatic rings. The highest BCUT2D eigenvalue weighted by molar-refractivity contribution is 5.86. The Hall–Kier alpha value is -2.20. The molecule has 94 valence electrons. The third-order valence-corrected chi connectivity index (χ3v) is 2.11. The summed E-state index contributed by atoms with van der Waals surface area (Å²) in [6.45, 7) is 0. The fourth-order valence-electron chi connectivity index (χ4n) is 1.31. The van der Waals surface area contributed by atoms with Crippen LogP contribution in [0.1, 0.15) is 0 Å². The van der Waals surface area contributed by atoms with E-state index in [2.05, 4.69) is 5.32 Å². The fraction of sp³-hybridized carbons (Fsp3) is 0. The number of benzene rings is 2. The van der Waals surface area contributed by atoms with Crippen LogP contribution in [0.4, 0.5) is 16.2 Å². The number of carbonyl (C=O) groups excluding carboxylic acids is 1. The molecule has 0 atom stereocenters. The average molecular weight is 265 g/mol. The van der Waals surface area contributed by atoms with Crippen molar-refractivity contribution < 1.29 is 9.53 Å². The van der Waals surface area contributed by atoms with E-state index in [0.29, 0.717) is 17.1 Å². The molecule has 2 aromatic carbocycles. The summed E-state index contributed by atoms with van der Waals surface area (Å²) in [5.41, 5.74) is 6.82. The Balaban J connectivity index is 0.00000162. The lowest BCUT2D eigenvalue weighted by atomic mass is 10.3. The number of nitrogens with one attached hydrogen (secondary N) is 1. The molecular weight excluding hydrogens is 252 g/mol. The van der Waals surface area contributed by atoms with E-state index >= 15 is 0 Å². The van der Waals surface area contributed by atoms with Gasteiger partial charge in [-0.2, -0.15) is 0 Å². The largest absolute Gasteiger partial charge is 0.417 e. The van der Waals surface area contributed by atoms with Gasteiger partial charge in [-0.1, -0.05) is 18.2 Å². The number of hydrogen-bond acceptors (Lipinski definition) is 3. The molecule has 0 spiro atoms. The maximum Gasteiger partial charge on any atom is 0.417 e. The number of carbonyl (C=O) groups is 1. The SMILES string of the molecule is Cl.Nc1ccc(NC(=O)Oc2ccccc2)cc1. The van der Waals surface area contributed by atoms with E-state index in [0.717, 1.165) is 0 Å². The lowest BCUT2D eigenvalue weighted by molar-refractivity contribution is 0.215. The van der Waals surface area contributed by atoms with E-state index < -0.39 is 6.09 Å². The summed E-state index contributed by atoms with van der Waals surface area (Å²) in [7, 11) is 0. The first-order valence-corrected chi connectivity index (χ1v) is 5.13. The normalized spacial score (nSPS) is 9.11. The van der Waals surface area contributed by atoms with Crippen LogP contribution in [0.3, 0.4) is 0 Å². The van der Waals surface area contributed by atoms with Crippen molar-refractivity contribution in [3.8, 4) is 5.75 Å². The van der Waals surface area contributed by atoms with Crippen molar-refractivity contribution >= 4 is 29.9 Å². The standard InChI is InChI=1S/C13H12N2O2.ClH/c14-10-6-8-11(9-7-10)15-13(16)17-12-4-2-1-3-5-12;/h1-9H,14H2,(H,15,16);1H. The molecule has 3 N–H and O–H groups in total. The molecule has 2 aromatic rings. The molecule has 0 unspecified atom stereocenters.